The molecule has 0 aromatic carbocycles. The Morgan fingerprint density at radius 3 is 2.90 bits per heavy atom. The molecule has 21 heavy (non-hydrogen) atoms. The third-order valence-electron chi connectivity index (χ3n) is 3.26. The first-order valence-electron chi connectivity index (χ1n) is 6.51. The Bertz CT molecular complexity index is 699. The lowest BCUT2D eigenvalue weighted by molar-refractivity contribution is 0.204. The molecule has 0 bridgehead atoms. The van der Waals surface area contributed by atoms with Crippen molar-refractivity contribution in [2.75, 3.05) is 13.1 Å². The maximum absolute atomic E-state index is 12.3. The number of hydrogen-bond acceptors (Lipinski definition) is 6. The fourth-order valence-electron chi connectivity index (χ4n) is 2.16. The Morgan fingerprint density at radius 2 is 2.24 bits per heavy atom. The summed E-state index contributed by atoms with van der Waals surface area (Å²) in [6.45, 7) is 2.53. The van der Waals surface area contributed by atoms with Crippen LogP contribution in [0.2, 0.25) is 0 Å². The molecule has 3 heterocycles. The van der Waals surface area contributed by atoms with E-state index < -0.39 is 10.0 Å². The van der Waals surface area contributed by atoms with Crippen LogP contribution in [-0.4, -0.2) is 52.1 Å². The van der Waals surface area contributed by atoms with Crippen molar-refractivity contribution in [2.45, 2.75) is 24.5 Å². The van der Waals surface area contributed by atoms with Crippen LogP contribution < -0.4 is 4.74 Å². The molecule has 1 fully saturated rings. The number of nitrogens with zero attached hydrogens (tertiary/aromatic N) is 4. The number of imidazole rings is 1. The number of H-pyrrole nitrogens is 1. The van der Waals surface area contributed by atoms with Crippen LogP contribution >= 0.6 is 0 Å². The molecule has 0 radical (unpaired) electrons. The lowest BCUT2D eigenvalue weighted by Crippen LogP contribution is -2.31. The van der Waals surface area contributed by atoms with Crippen molar-refractivity contribution in [2.24, 2.45) is 0 Å². The number of nitrogens with one attached hydrogen (secondary N) is 1. The summed E-state index contributed by atoms with van der Waals surface area (Å²) >= 11 is 0. The summed E-state index contributed by atoms with van der Waals surface area (Å²) in [5.74, 6) is 0.409. The molecule has 9 heteroatoms. The maximum Gasteiger partial charge on any atom is 0.260 e. The zero-order valence-electron chi connectivity index (χ0n) is 11.4. The van der Waals surface area contributed by atoms with Gasteiger partial charge in [0.2, 0.25) is 5.88 Å². The van der Waals surface area contributed by atoms with E-state index in [0.29, 0.717) is 18.8 Å². The molecule has 2 aromatic rings. The van der Waals surface area contributed by atoms with Crippen LogP contribution in [0.4, 0.5) is 0 Å². The Balaban J connectivity index is 1.67. The zero-order valence-corrected chi connectivity index (χ0v) is 12.2. The highest BCUT2D eigenvalue weighted by Gasteiger charge is 2.34. The van der Waals surface area contributed by atoms with Crippen molar-refractivity contribution in [3.63, 3.8) is 0 Å². The molecule has 3 rings (SSSR count). The maximum atomic E-state index is 12.3. The van der Waals surface area contributed by atoms with E-state index in [1.54, 1.807) is 12.1 Å². The highest BCUT2D eigenvalue weighted by atomic mass is 32.2. The molecule has 1 atom stereocenters. The predicted octanol–water partition coefficient (Wildman–Crippen LogP) is 0.350. The molecule has 0 saturated carbocycles. The Morgan fingerprint density at radius 1 is 1.38 bits per heavy atom. The van der Waals surface area contributed by atoms with Gasteiger partial charge in [0.1, 0.15) is 6.10 Å². The number of ether oxygens (including phenoxy) is 1. The van der Waals surface area contributed by atoms with Gasteiger partial charge in [-0.25, -0.2) is 13.4 Å². The van der Waals surface area contributed by atoms with Gasteiger partial charge in [0.25, 0.3) is 10.0 Å². The van der Waals surface area contributed by atoms with Crippen molar-refractivity contribution >= 4 is 10.0 Å². The van der Waals surface area contributed by atoms with Gasteiger partial charge in [-0.3, -0.25) is 0 Å². The van der Waals surface area contributed by atoms with E-state index in [1.807, 2.05) is 6.92 Å². The normalized spacial score (nSPS) is 19.8. The van der Waals surface area contributed by atoms with Crippen molar-refractivity contribution in [1.29, 1.82) is 0 Å². The third kappa shape index (κ3) is 2.88. The molecule has 1 N–H and O–H groups in total. The Hall–Kier alpha value is -2.00. The molecule has 0 aliphatic carbocycles. The first-order valence-corrected chi connectivity index (χ1v) is 7.95. The van der Waals surface area contributed by atoms with Crippen molar-refractivity contribution in [3.8, 4) is 5.88 Å². The molecule has 112 valence electrons. The van der Waals surface area contributed by atoms with Crippen molar-refractivity contribution in [3.05, 3.63) is 30.4 Å². The minimum absolute atomic E-state index is 0.0956. The number of aromatic nitrogens is 4. The van der Waals surface area contributed by atoms with Crippen LogP contribution in [-0.2, 0) is 10.0 Å². The second-order valence-electron chi connectivity index (χ2n) is 4.82. The molecule has 0 amide bonds. The van der Waals surface area contributed by atoms with E-state index in [-0.39, 0.29) is 17.7 Å². The van der Waals surface area contributed by atoms with Crippen LogP contribution in [0.15, 0.2) is 29.7 Å². The number of sulfonamides is 1. The summed E-state index contributed by atoms with van der Waals surface area (Å²) in [5, 5.41) is 7.93. The summed E-state index contributed by atoms with van der Waals surface area (Å²) in [6, 6.07) is 3.53. The molecular weight excluding hydrogens is 294 g/mol. The average Bonchev–Trinajstić information content (AvgIpc) is 3.12. The number of aryl methyl sites for hydroxylation is 1. The van der Waals surface area contributed by atoms with Crippen LogP contribution in [0.1, 0.15) is 12.1 Å². The highest BCUT2D eigenvalue weighted by molar-refractivity contribution is 7.89. The number of aromatic amines is 1. The van der Waals surface area contributed by atoms with Gasteiger partial charge in [-0.2, -0.15) is 9.40 Å². The first-order chi connectivity index (χ1) is 10.1. The topological polar surface area (TPSA) is 101 Å². The highest BCUT2D eigenvalue weighted by Crippen LogP contribution is 2.22. The minimum Gasteiger partial charge on any atom is -0.472 e. The fourth-order valence-corrected chi connectivity index (χ4v) is 3.54. The minimum atomic E-state index is -3.53. The standard InChI is InChI=1S/C12H15N5O3S/c1-9-2-3-11(16-15-9)20-10-4-5-17(7-10)21(18,19)12-6-13-8-14-12/h2-3,6,8,10H,4-5,7H2,1H3,(H,13,14). The van der Waals surface area contributed by atoms with Gasteiger partial charge in [0.05, 0.1) is 24.8 Å². The first kappa shape index (κ1) is 14.0. The van der Waals surface area contributed by atoms with Gasteiger partial charge in [-0.1, -0.05) is 0 Å². The predicted molar refractivity (Wildman–Crippen MR) is 73.1 cm³/mol. The molecule has 8 nitrogen and oxygen atoms in total. The van der Waals surface area contributed by atoms with E-state index in [9.17, 15) is 8.42 Å². The molecule has 2 aromatic heterocycles. The quantitative estimate of drug-likeness (QED) is 0.874. The number of rotatable bonds is 4. The van der Waals surface area contributed by atoms with E-state index >= 15 is 0 Å². The monoisotopic (exact) mass is 309 g/mol. The van der Waals surface area contributed by atoms with E-state index in [1.165, 1.54) is 16.8 Å². The summed E-state index contributed by atoms with van der Waals surface area (Å²) in [4.78, 5) is 6.37. The lowest BCUT2D eigenvalue weighted by atomic mass is 10.3. The van der Waals surface area contributed by atoms with Gasteiger partial charge in [0.15, 0.2) is 5.03 Å². The Labute approximate surface area is 122 Å². The van der Waals surface area contributed by atoms with E-state index in [0.717, 1.165) is 5.69 Å². The van der Waals surface area contributed by atoms with Gasteiger partial charge < -0.3 is 9.72 Å². The molecular formula is C12H15N5O3S. The average molecular weight is 309 g/mol. The summed E-state index contributed by atoms with van der Waals surface area (Å²) in [6.07, 6.45) is 3.04. The molecule has 1 aliphatic heterocycles. The Kier molecular flexibility index (Phi) is 3.60. The van der Waals surface area contributed by atoms with Crippen LogP contribution in [0.25, 0.3) is 0 Å². The summed E-state index contributed by atoms with van der Waals surface area (Å²) in [5.41, 5.74) is 0.803. The largest absolute Gasteiger partial charge is 0.472 e. The van der Waals surface area contributed by atoms with Crippen LogP contribution in [0.5, 0.6) is 5.88 Å². The second-order valence-corrected chi connectivity index (χ2v) is 6.73. The van der Waals surface area contributed by atoms with Gasteiger partial charge in [-0.05, 0) is 19.4 Å². The smallest absolute Gasteiger partial charge is 0.260 e. The second kappa shape index (κ2) is 5.41. The van der Waals surface area contributed by atoms with Crippen molar-refractivity contribution < 1.29 is 13.2 Å². The van der Waals surface area contributed by atoms with Gasteiger partial charge >= 0.3 is 0 Å². The third-order valence-corrected chi connectivity index (χ3v) is 5.05. The van der Waals surface area contributed by atoms with Crippen LogP contribution in [0.3, 0.4) is 0 Å². The fraction of sp³-hybridized carbons (Fsp3) is 0.417. The molecule has 1 saturated heterocycles. The van der Waals surface area contributed by atoms with Gasteiger partial charge in [-0.15, -0.1) is 5.10 Å². The molecule has 0 spiro atoms. The summed E-state index contributed by atoms with van der Waals surface area (Å²) in [7, 11) is -3.53. The number of hydrogen-bond donors (Lipinski definition) is 1. The molecule has 1 unspecified atom stereocenters. The summed E-state index contributed by atoms with van der Waals surface area (Å²) < 4.78 is 31.7. The lowest BCUT2D eigenvalue weighted by Gasteiger charge is -2.15. The van der Waals surface area contributed by atoms with Gasteiger partial charge in [0, 0.05) is 12.6 Å². The van der Waals surface area contributed by atoms with E-state index in [4.69, 9.17) is 4.74 Å². The van der Waals surface area contributed by atoms with Crippen molar-refractivity contribution in [1.82, 2.24) is 24.5 Å². The SMILES string of the molecule is Cc1ccc(OC2CCN(S(=O)(=O)c3cnc[nH]3)C2)nn1. The zero-order chi connectivity index (χ0) is 14.9. The van der Waals surface area contributed by atoms with Crippen LogP contribution in [0, 0.1) is 6.92 Å². The molecule has 1 aliphatic rings. The van der Waals surface area contributed by atoms with E-state index in [2.05, 4.69) is 20.2 Å².